The van der Waals surface area contributed by atoms with Gasteiger partial charge < -0.3 is 10.2 Å². The third-order valence-electron chi connectivity index (χ3n) is 7.62. The second-order valence-corrected chi connectivity index (χ2v) is 11.1. The van der Waals surface area contributed by atoms with E-state index in [1.54, 1.807) is 24.3 Å². The minimum absolute atomic E-state index is 0.120. The summed E-state index contributed by atoms with van der Waals surface area (Å²) in [6.07, 6.45) is 20.8. The van der Waals surface area contributed by atoms with Crippen LogP contribution in [0.2, 0.25) is 0 Å². The van der Waals surface area contributed by atoms with Crippen molar-refractivity contribution >= 4 is 11.9 Å². The summed E-state index contributed by atoms with van der Waals surface area (Å²) >= 11 is 0. The van der Waals surface area contributed by atoms with Crippen LogP contribution in [0, 0.1) is 23.7 Å². The van der Waals surface area contributed by atoms with Gasteiger partial charge in [0.2, 0.25) is 0 Å². The van der Waals surface area contributed by atoms with E-state index in [4.69, 9.17) is 0 Å². The molecule has 226 valence electrons. The minimum atomic E-state index is -1.05. The van der Waals surface area contributed by atoms with Crippen LogP contribution in [0.4, 0.5) is 0 Å². The fourth-order valence-corrected chi connectivity index (χ4v) is 5.18. The molecule has 42 heavy (non-hydrogen) atoms. The number of benzene rings is 2. The molecule has 0 aliphatic heterocycles. The highest BCUT2D eigenvalue weighted by Gasteiger charge is 2.19. The van der Waals surface area contributed by atoms with Gasteiger partial charge in [0.25, 0.3) is 0 Å². The average Bonchev–Trinajstić information content (AvgIpc) is 2.98. The van der Waals surface area contributed by atoms with Crippen LogP contribution in [0.1, 0.15) is 161 Å². The van der Waals surface area contributed by atoms with Crippen LogP contribution in [-0.4, -0.2) is 22.2 Å². The third-order valence-corrected chi connectivity index (χ3v) is 7.62. The Balaban J connectivity index is 2.20. The molecule has 0 amide bonds. The summed E-state index contributed by atoms with van der Waals surface area (Å²) in [5.74, 6) is 10.6. The second-order valence-electron chi connectivity index (χ2n) is 11.1. The maximum absolute atomic E-state index is 12.1. The van der Waals surface area contributed by atoms with E-state index in [-0.39, 0.29) is 11.1 Å². The monoisotopic (exact) mass is 570 g/mol. The predicted molar refractivity (Wildman–Crippen MR) is 174 cm³/mol. The quantitative estimate of drug-likeness (QED) is 0.130. The van der Waals surface area contributed by atoms with Crippen LogP contribution in [-0.2, 0) is 0 Å². The van der Waals surface area contributed by atoms with Crippen LogP contribution < -0.4 is 0 Å². The number of hydrogen-bond donors (Lipinski definition) is 2. The van der Waals surface area contributed by atoms with Gasteiger partial charge in [0, 0.05) is 24.0 Å². The van der Waals surface area contributed by atoms with Crippen molar-refractivity contribution in [1.29, 1.82) is 0 Å². The highest BCUT2D eigenvalue weighted by Crippen LogP contribution is 2.31. The van der Waals surface area contributed by atoms with Gasteiger partial charge >= 0.3 is 11.9 Å². The number of aromatic carboxylic acids is 2. The molecule has 0 saturated carbocycles. The Kier molecular flexibility index (Phi) is 17.5. The van der Waals surface area contributed by atoms with Gasteiger partial charge in [0.05, 0.1) is 11.1 Å². The standard InChI is InChI=1S/C38H50O4/c1-3-5-7-9-11-13-15-17-19-21-25-33-31(27-23-29-35(33)37(39)40)32-28-24-30-36(38(41)42)34(32)26-22-20-18-16-14-12-10-8-6-4-2/h23-24,27-30H,3-20H2,1-2H3,(H,39,40)(H,41,42). The molecule has 0 bridgehead atoms. The molecular formula is C38H50O4. The molecule has 2 aromatic rings. The van der Waals surface area contributed by atoms with E-state index >= 15 is 0 Å². The lowest BCUT2D eigenvalue weighted by Crippen LogP contribution is -2.05. The van der Waals surface area contributed by atoms with Crippen LogP contribution in [0.5, 0.6) is 0 Å². The van der Waals surface area contributed by atoms with Crippen molar-refractivity contribution in [2.24, 2.45) is 0 Å². The van der Waals surface area contributed by atoms with Crippen LogP contribution >= 0.6 is 0 Å². The number of carbonyl (C=O) groups is 2. The van der Waals surface area contributed by atoms with Crippen molar-refractivity contribution in [2.75, 3.05) is 0 Å². The SMILES string of the molecule is CCCCCCCCCCC#Cc1c(C(=O)O)cccc1-c1cccc(C(=O)O)c1C#CCCCCCCCCCC. The van der Waals surface area contributed by atoms with E-state index in [1.165, 1.54) is 77.0 Å². The number of unbranched alkanes of at least 4 members (excludes halogenated alkanes) is 16. The van der Waals surface area contributed by atoms with Gasteiger partial charge in [0.15, 0.2) is 0 Å². The zero-order valence-corrected chi connectivity index (χ0v) is 25.9. The van der Waals surface area contributed by atoms with Crippen LogP contribution in [0.3, 0.4) is 0 Å². The molecule has 4 nitrogen and oxygen atoms in total. The summed E-state index contributed by atoms with van der Waals surface area (Å²) in [7, 11) is 0. The zero-order valence-electron chi connectivity index (χ0n) is 25.9. The molecule has 2 N–H and O–H groups in total. The van der Waals surface area contributed by atoms with Gasteiger partial charge in [-0.2, -0.15) is 0 Å². The molecule has 0 aromatic heterocycles. The fraction of sp³-hybridized carbons (Fsp3) is 0.526. The van der Waals surface area contributed by atoms with E-state index in [0.29, 0.717) is 35.1 Å². The van der Waals surface area contributed by atoms with Gasteiger partial charge in [-0.25, -0.2) is 9.59 Å². The van der Waals surface area contributed by atoms with Crippen molar-refractivity contribution in [3.05, 3.63) is 58.7 Å². The molecule has 0 radical (unpaired) electrons. The summed E-state index contributed by atoms with van der Waals surface area (Å²) in [4.78, 5) is 24.3. The Hall–Kier alpha value is -3.50. The first kappa shape index (κ1) is 34.7. The van der Waals surface area contributed by atoms with Crippen LogP contribution in [0.15, 0.2) is 36.4 Å². The second kappa shape index (κ2) is 21.2. The third kappa shape index (κ3) is 12.6. The van der Waals surface area contributed by atoms with E-state index in [0.717, 1.165) is 25.7 Å². The molecule has 0 saturated heterocycles. The number of carboxylic acids is 2. The van der Waals surface area contributed by atoms with E-state index < -0.39 is 11.9 Å². The van der Waals surface area contributed by atoms with Gasteiger partial charge in [-0.15, -0.1) is 0 Å². The normalized spacial score (nSPS) is 10.4. The maximum atomic E-state index is 12.1. The summed E-state index contributed by atoms with van der Waals surface area (Å²) in [5.41, 5.74) is 2.29. The maximum Gasteiger partial charge on any atom is 0.336 e. The molecule has 0 spiro atoms. The van der Waals surface area contributed by atoms with Crippen molar-refractivity contribution in [3.63, 3.8) is 0 Å². The minimum Gasteiger partial charge on any atom is -0.478 e. The molecule has 0 aliphatic rings. The molecule has 0 unspecified atom stereocenters. The molecule has 0 atom stereocenters. The summed E-state index contributed by atoms with van der Waals surface area (Å²) in [5, 5.41) is 19.9. The molecule has 0 aliphatic carbocycles. The number of rotatable bonds is 19. The predicted octanol–water partition coefficient (Wildman–Crippen LogP) is 10.5. The summed E-state index contributed by atoms with van der Waals surface area (Å²) in [6.45, 7) is 4.45. The lowest BCUT2D eigenvalue weighted by atomic mass is 9.90. The molecule has 0 fully saturated rings. The van der Waals surface area contributed by atoms with Gasteiger partial charge in [0.1, 0.15) is 0 Å². The van der Waals surface area contributed by atoms with Gasteiger partial charge in [-0.05, 0) is 36.1 Å². The summed E-state index contributed by atoms with van der Waals surface area (Å²) < 4.78 is 0. The van der Waals surface area contributed by atoms with Crippen molar-refractivity contribution < 1.29 is 19.8 Å². The highest BCUT2D eigenvalue weighted by atomic mass is 16.4. The Labute approximate surface area is 254 Å². The molecular weight excluding hydrogens is 520 g/mol. The largest absolute Gasteiger partial charge is 0.478 e. The highest BCUT2D eigenvalue weighted by molar-refractivity contribution is 5.97. The molecule has 0 heterocycles. The smallest absolute Gasteiger partial charge is 0.336 e. The number of hydrogen-bond acceptors (Lipinski definition) is 2. The first-order valence-corrected chi connectivity index (χ1v) is 16.2. The van der Waals surface area contributed by atoms with E-state index in [9.17, 15) is 19.8 Å². The lowest BCUT2D eigenvalue weighted by Gasteiger charge is -2.12. The van der Waals surface area contributed by atoms with Gasteiger partial charge in [-0.3, -0.25) is 0 Å². The Morgan fingerprint density at radius 1 is 0.524 bits per heavy atom. The molecule has 4 heteroatoms. The van der Waals surface area contributed by atoms with Gasteiger partial charge in [-0.1, -0.05) is 152 Å². The average molecular weight is 571 g/mol. The van der Waals surface area contributed by atoms with E-state index in [2.05, 4.69) is 37.5 Å². The fourth-order valence-electron chi connectivity index (χ4n) is 5.18. The number of carboxylic acid groups (broad SMARTS) is 2. The Morgan fingerprint density at radius 3 is 1.19 bits per heavy atom. The first-order valence-electron chi connectivity index (χ1n) is 16.2. The Morgan fingerprint density at radius 2 is 0.857 bits per heavy atom. The van der Waals surface area contributed by atoms with Crippen molar-refractivity contribution in [1.82, 2.24) is 0 Å². The summed E-state index contributed by atoms with van der Waals surface area (Å²) in [6, 6.07) is 10.1. The van der Waals surface area contributed by atoms with Crippen LogP contribution in [0.25, 0.3) is 11.1 Å². The van der Waals surface area contributed by atoms with E-state index in [1.807, 2.05) is 12.1 Å². The Bertz CT molecular complexity index is 1140. The topological polar surface area (TPSA) is 74.6 Å². The molecule has 2 aromatic carbocycles. The van der Waals surface area contributed by atoms with Crippen molar-refractivity contribution in [2.45, 2.75) is 129 Å². The van der Waals surface area contributed by atoms with Crippen molar-refractivity contribution in [3.8, 4) is 34.8 Å². The zero-order chi connectivity index (χ0) is 30.4. The lowest BCUT2D eigenvalue weighted by molar-refractivity contribution is 0.0685. The molecule has 2 rings (SSSR count). The first-order chi connectivity index (χ1) is 20.5.